The third-order valence-corrected chi connectivity index (χ3v) is 3.21. The van der Waals surface area contributed by atoms with Crippen LogP contribution >= 0.6 is 0 Å². The Balaban J connectivity index is 2.29. The maximum atomic E-state index is 12.3. The summed E-state index contributed by atoms with van der Waals surface area (Å²) in [4.78, 5) is 34.7. The first kappa shape index (κ1) is 14.0. The van der Waals surface area contributed by atoms with E-state index in [2.05, 4.69) is 0 Å². The van der Waals surface area contributed by atoms with Crippen LogP contribution in [-0.2, 0) is 4.79 Å². The Morgan fingerprint density at radius 1 is 1.45 bits per heavy atom. The second-order valence-electron chi connectivity index (χ2n) is 4.82. The Kier molecular flexibility index (Phi) is 3.69. The van der Waals surface area contributed by atoms with E-state index in [1.807, 2.05) is 0 Å². The number of amides is 1. The van der Waals surface area contributed by atoms with Gasteiger partial charge in [0.1, 0.15) is 6.54 Å². The lowest BCUT2D eigenvalue weighted by Crippen LogP contribution is -2.37. The first-order chi connectivity index (χ1) is 9.40. The molecule has 0 unspecified atom stereocenters. The quantitative estimate of drug-likeness (QED) is 0.651. The number of hydrogen-bond acceptors (Lipinski definition) is 4. The SMILES string of the molecule is Cc1ccc(C(=O)N(CC(=O)O)C2CC2)cc1[N+](=O)[O-]. The van der Waals surface area contributed by atoms with Gasteiger partial charge in [0.15, 0.2) is 0 Å². The van der Waals surface area contributed by atoms with Crippen molar-refractivity contribution >= 4 is 17.6 Å². The smallest absolute Gasteiger partial charge is 0.323 e. The predicted molar refractivity (Wildman–Crippen MR) is 69.5 cm³/mol. The van der Waals surface area contributed by atoms with Crippen molar-refractivity contribution in [2.45, 2.75) is 25.8 Å². The van der Waals surface area contributed by atoms with Crippen molar-refractivity contribution in [3.05, 3.63) is 39.4 Å². The average Bonchev–Trinajstić information content (AvgIpc) is 3.19. The highest BCUT2D eigenvalue weighted by atomic mass is 16.6. The molecule has 1 aromatic rings. The van der Waals surface area contributed by atoms with Crippen LogP contribution in [0.5, 0.6) is 0 Å². The van der Waals surface area contributed by atoms with E-state index in [1.165, 1.54) is 23.1 Å². The summed E-state index contributed by atoms with van der Waals surface area (Å²) in [5.74, 6) is -1.56. The molecule has 0 radical (unpaired) electrons. The molecule has 1 aromatic carbocycles. The number of rotatable bonds is 5. The molecule has 0 aromatic heterocycles. The Hall–Kier alpha value is -2.44. The zero-order valence-corrected chi connectivity index (χ0v) is 10.9. The van der Waals surface area contributed by atoms with E-state index < -0.39 is 16.8 Å². The van der Waals surface area contributed by atoms with Gasteiger partial charge < -0.3 is 10.0 Å². The van der Waals surface area contributed by atoms with Crippen LogP contribution in [0.2, 0.25) is 0 Å². The first-order valence-electron chi connectivity index (χ1n) is 6.18. The van der Waals surface area contributed by atoms with Crippen LogP contribution in [0, 0.1) is 17.0 Å². The minimum absolute atomic E-state index is 0.0704. The number of nitrogens with zero attached hydrogens (tertiary/aromatic N) is 2. The average molecular weight is 278 g/mol. The number of hydrogen-bond donors (Lipinski definition) is 1. The van der Waals surface area contributed by atoms with Gasteiger partial charge in [-0.05, 0) is 25.8 Å². The Morgan fingerprint density at radius 2 is 2.10 bits per heavy atom. The number of carboxylic acid groups (broad SMARTS) is 1. The van der Waals surface area contributed by atoms with Crippen molar-refractivity contribution in [3.63, 3.8) is 0 Å². The van der Waals surface area contributed by atoms with Gasteiger partial charge in [0.2, 0.25) is 0 Å². The molecule has 7 heteroatoms. The number of nitro groups is 1. The summed E-state index contributed by atoms with van der Waals surface area (Å²) >= 11 is 0. The van der Waals surface area contributed by atoms with E-state index in [9.17, 15) is 19.7 Å². The van der Waals surface area contributed by atoms with Crippen LogP contribution in [0.25, 0.3) is 0 Å². The van der Waals surface area contributed by atoms with E-state index in [-0.39, 0.29) is 23.8 Å². The van der Waals surface area contributed by atoms with Gasteiger partial charge in [0, 0.05) is 23.2 Å². The molecular weight excluding hydrogens is 264 g/mol. The van der Waals surface area contributed by atoms with E-state index in [0.29, 0.717) is 5.56 Å². The molecule has 1 amide bonds. The second kappa shape index (κ2) is 5.28. The zero-order chi connectivity index (χ0) is 14.9. The summed E-state index contributed by atoms with van der Waals surface area (Å²) < 4.78 is 0. The van der Waals surface area contributed by atoms with Crippen LogP contribution in [0.15, 0.2) is 18.2 Å². The molecule has 1 aliphatic rings. The van der Waals surface area contributed by atoms with Gasteiger partial charge in [0.05, 0.1) is 4.92 Å². The highest BCUT2D eigenvalue weighted by Gasteiger charge is 2.34. The van der Waals surface area contributed by atoms with Crippen molar-refractivity contribution in [1.82, 2.24) is 4.90 Å². The number of benzene rings is 1. The highest BCUT2D eigenvalue weighted by Crippen LogP contribution is 2.29. The summed E-state index contributed by atoms with van der Waals surface area (Å²) in [5.41, 5.74) is 0.472. The lowest BCUT2D eigenvalue weighted by atomic mass is 10.1. The van der Waals surface area contributed by atoms with Gasteiger partial charge in [-0.25, -0.2) is 0 Å². The predicted octanol–water partition coefficient (Wildman–Crippen LogP) is 1.59. The molecule has 1 N–H and O–H groups in total. The molecule has 1 saturated carbocycles. The summed E-state index contributed by atoms with van der Waals surface area (Å²) in [6.45, 7) is 1.20. The maximum absolute atomic E-state index is 12.3. The Labute approximate surface area is 115 Å². The molecule has 0 bridgehead atoms. The number of carbonyl (C=O) groups is 2. The highest BCUT2D eigenvalue weighted by molar-refractivity contribution is 5.97. The molecule has 0 saturated heterocycles. The number of nitro benzene ring substituents is 1. The van der Waals surface area contributed by atoms with E-state index in [0.717, 1.165) is 12.8 Å². The van der Waals surface area contributed by atoms with Crippen LogP contribution in [0.1, 0.15) is 28.8 Å². The van der Waals surface area contributed by atoms with Gasteiger partial charge in [0.25, 0.3) is 11.6 Å². The molecule has 7 nitrogen and oxygen atoms in total. The number of aryl methyl sites for hydroxylation is 1. The third-order valence-electron chi connectivity index (χ3n) is 3.21. The van der Waals surface area contributed by atoms with Crippen LogP contribution in [0.3, 0.4) is 0 Å². The minimum Gasteiger partial charge on any atom is -0.480 e. The summed E-state index contributed by atoms with van der Waals surface area (Å²) in [6, 6.07) is 4.12. The fraction of sp³-hybridized carbons (Fsp3) is 0.385. The lowest BCUT2D eigenvalue weighted by molar-refractivity contribution is -0.385. The van der Waals surface area contributed by atoms with Crippen LogP contribution < -0.4 is 0 Å². The molecule has 0 spiro atoms. The summed E-state index contributed by atoms with van der Waals surface area (Å²) in [5, 5.41) is 19.7. The van der Waals surface area contributed by atoms with Crippen LogP contribution in [-0.4, -0.2) is 39.4 Å². The van der Waals surface area contributed by atoms with Crippen LogP contribution in [0.4, 0.5) is 5.69 Å². The fourth-order valence-corrected chi connectivity index (χ4v) is 2.00. The topological polar surface area (TPSA) is 101 Å². The molecule has 0 atom stereocenters. The molecular formula is C13H14N2O5. The van der Waals surface area contributed by atoms with Gasteiger partial charge in [-0.15, -0.1) is 0 Å². The van der Waals surface area contributed by atoms with E-state index >= 15 is 0 Å². The zero-order valence-electron chi connectivity index (χ0n) is 10.9. The monoisotopic (exact) mass is 278 g/mol. The molecule has 20 heavy (non-hydrogen) atoms. The molecule has 0 aliphatic heterocycles. The Morgan fingerprint density at radius 3 is 2.60 bits per heavy atom. The first-order valence-corrected chi connectivity index (χ1v) is 6.18. The molecule has 1 fully saturated rings. The van der Waals surface area contributed by atoms with Gasteiger partial charge in [-0.3, -0.25) is 19.7 Å². The Bertz CT molecular complexity index is 580. The van der Waals surface area contributed by atoms with Crippen molar-refractivity contribution in [2.24, 2.45) is 0 Å². The van der Waals surface area contributed by atoms with Gasteiger partial charge in [-0.2, -0.15) is 0 Å². The molecule has 1 aliphatic carbocycles. The van der Waals surface area contributed by atoms with E-state index in [1.54, 1.807) is 6.92 Å². The fourth-order valence-electron chi connectivity index (χ4n) is 2.00. The molecule has 106 valence electrons. The van der Waals surface area contributed by atoms with Crippen molar-refractivity contribution < 1.29 is 19.6 Å². The van der Waals surface area contributed by atoms with Crippen molar-refractivity contribution in [2.75, 3.05) is 6.54 Å². The number of aliphatic carboxylic acids is 1. The standard InChI is InChI=1S/C13H14N2O5/c1-8-2-3-9(6-11(8)15(19)20)13(18)14(7-12(16)17)10-4-5-10/h2-3,6,10H,4-5,7H2,1H3,(H,16,17). The summed E-state index contributed by atoms with van der Waals surface area (Å²) in [7, 11) is 0. The number of carboxylic acids is 1. The third kappa shape index (κ3) is 2.93. The normalized spacial score (nSPS) is 13.8. The van der Waals surface area contributed by atoms with Gasteiger partial charge in [-0.1, -0.05) is 6.07 Å². The van der Waals surface area contributed by atoms with Gasteiger partial charge >= 0.3 is 5.97 Å². The maximum Gasteiger partial charge on any atom is 0.323 e. The summed E-state index contributed by atoms with van der Waals surface area (Å²) in [6.07, 6.45) is 1.54. The van der Waals surface area contributed by atoms with E-state index in [4.69, 9.17) is 5.11 Å². The van der Waals surface area contributed by atoms with Crippen molar-refractivity contribution in [3.8, 4) is 0 Å². The minimum atomic E-state index is -1.09. The molecule has 0 heterocycles. The van der Waals surface area contributed by atoms with Crippen molar-refractivity contribution in [1.29, 1.82) is 0 Å². The second-order valence-corrected chi connectivity index (χ2v) is 4.82. The lowest BCUT2D eigenvalue weighted by Gasteiger charge is -2.20. The largest absolute Gasteiger partial charge is 0.480 e. The number of carbonyl (C=O) groups excluding carboxylic acids is 1. The molecule has 2 rings (SSSR count).